The minimum Gasteiger partial charge on any atom is -0.337 e. The fourth-order valence-corrected chi connectivity index (χ4v) is 4.88. The lowest BCUT2D eigenvalue weighted by atomic mass is 10.1. The fourth-order valence-electron chi connectivity index (χ4n) is 3.97. The Bertz CT molecular complexity index is 1020. The molecular weight excluding hydrogens is 406 g/mol. The van der Waals surface area contributed by atoms with Gasteiger partial charge < -0.3 is 9.80 Å². The van der Waals surface area contributed by atoms with E-state index >= 15 is 0 Å². The van der Waals surface area contributed by atoms with E-state index in [-0.39, 0.29) is 24.2 Å². The molecule has 2 aromatic heterocycles. The first kappa shape index (κ1) is 21.2. The number of aromatic nitrogens is 1. The zero-order valence-corrected chi connectivity index (χ0v) is 18.6. The van der Waals surface area contributed by atoms with Crippen LogP contribution in [0.3, 0.4) is 0 Å². The van der Waals surface area contributed by atoms with Crippen molar-refractivity contribution >= 4 is 23.2 Å². The normalized spacial score (nSPS) is 16.0. The summed E-state index contributed by atoms with van der Waals surface area (Å²) in [6.45, 7) is 4.23. The number of carbonyl (C=O) groups excluding carboxylic acids is 2. The second kappa shape index (κ2) is 9.88. The lowest BCUT2D eigenvalue weighted by Gasteiger charge is -2.25. The molecule has 31 heavy (non-hydrogen) atoms. The van der Waals surface area contributed by atoms with E-state index in [9.17, 15) is 9.59 Å². The summed E-state index contributed by atoms with van der Waals surface area (Å²) in [5, 5.41) is 0. The van der Waals surface area contributed by atoms with Crippen molar-refractivity contribution in [3.8, 4) is 0 Å². The van der Waals surface area contributed by atoms with Crippen LogP contribution in [0.15, 0.2) is 66.9 Å². The molecule has 3 aromatic rings. The molecule has 6 heteroatoms. The van der Waals surface area contributed by atoms with Gasteiger partial charge in [0.2, 0.25) is 11.8 Å². The maximum atomic E-state index is 13.5. The van der Waals surface area contributed by atoms with E-state index < -0.39 is 0 Å². The first-order valence-corrected chi connectivity index (χ1v) is 11.5. The summed E-state index contributed by atoms with van der Waals surface area (Å²) in [6.07, 6.45) is 2.80. The van der Waals surface area contributed by atoms with E-state index in [4.69, 9.17) is 0 Å². The average molecular weight is 434 g/mol. The summed E-state index contributed by atoms with van der Waals surface area (Å²) in [5.41, 5.74) is 2.06. The Hall–Kier alpha value is -2.99. The third kappa shape index (κ3) is 5.58. The molecule has 160 valence electrons. The monoisotopic (exact) mass is 433 g/mol. The Morgan fingerprint density at radius 3 is 2.65 bits per heavy atom. The third-order valence-corrected chi connectivity index (χ3v) is 6.60. The highest BCUT2D eigenvalue weighted by atomic mass is 32.1. The van der Waals surface area contributed by atoms with Crippen molar-refractivity contribution in [1.29, 1.82) is 0 Å². The van der Waals surface area contributed by atoms with Gasteiger partial charge in [0.1, 0.15) is 0 Å². The molecule has 3 heterocycles. The molecule has 2 amide bonds. The van der Waals surface area contributed by atoms with Crippen molar-refractivity contribution in [2.75, 3.05) is 13.1 Å². The van der Waals surface area contributed by atoms with Crippen LogP contribution in [0.4, 0.5) is 0 Å². The maximum Gasteiger partial charge on any atom is 0.228 e. The number of hydrogen-bond donors (Lipinski definition) is 0. The van der Waals surface area contributed by atoms with Crippen LogP contribution >= 0.6 is 11.3 Å². The Morgan fingerprint density at radius 1 is 1.13 bits per heavy atom. The fraction of sp³-hybridized carbons (Fsp3) is 0.320. The molecule has 1 aliphatic heterocycles. The van der Waals surface area contributed by atoms with E-state index in [0.29, 0.717) is 26.2 Å². The largest absolute Gasteiger partial charge is 0.337 e. The van der Waals surface area contributed by atoms with E-state index in [0.717, 1.165) is 12.1 Å². The Morgan fingerprint density at radius 2 is 1.94 bits per heavy atom. The van der Waals surface area contributed by atoms with E-state index in [1.54, 1.807) is 22.4 Å². The molecule has 4 rings (SSSR count). The Kier molecular flexibility index (Phi) is 6.77. The topological polar surface area (TPSA) is 53.5 Å². The number of amides is 2. The number of carbonyl (C=O) groups is 2. The summed E-state index contributed by atoms with van der Waals surface area (Å²) < 4.78 is 0. The average Bonchev–Trinajstić information content (AvgIpc) is 3.37. The number of likely N-dealkylation sites (tertiary alicyclic amines) is 1. The highest BCUT2D eigenvalue weighted by molar-refractivity contribution is 7.11. The lowest BCUT2D eigenvalue weighted by molar-refractivity contribution is -0.136. The lowest BCUT2D eigenvalue weighted by Crippen LogP contribution is -2.38. The molecule has 0 saturated carbocycles. The van der Waals surface area contributed by atoms with Gasteiger partial charge in [-0.2, -0.15) is 0 Å². The Balaban J connectivity index is 1.44. The first-order chi connectivity index (χ1) is 15.1. The second-order valence-corrected chi connectivity index (χ2v) is 9.38. The number of rotatable bonds is 8. The summed E-state index contributed by atoms with van der Waals surface area (Å²) in [7, 11) is 0. The minimum atomic E-state index is -0.298. The molecule has 0 N–H and O–H groups in total. The van der Waals surface area contributed by atoms with Gasteiger partial charge in [-0.3, -0.25) is 14.6 Å². The maximum absolute atomic E-state index is 13.5. The van der Waals surface area contributed by atoms with E-state index in [2.05, 4.69) is 36.2 Å². The van der Waals surface area contributed by atoms with Crippen molar-refractivity contribution < 1.29 is 9.59 Å². The van der Waals surface area contributed by atoms with Crippen LogP contribution in [0.1, 0.15) is 27.4 Å². The van der Waals surface area contributed by atoms with Gasteiger partial charge in [0.25, 0.3) is 0 Å². The van der Waals surface area contributed by atoms with Crippen molar-refractivity contribution in [2.45, 2.75) is 32.9 Å². The molecule has 1 unspecified atom stereocenters. The van der Waals surface area contributed by atoms with E-state index in [1.807, 2.05) is 41.3 Å². The number of thiophene rings is 1. The molecule has 1 aromatic carbocycles. The number of nitrogens with zero attached hydrogens (tertiary/aromatic N) is 3. The Labute approximate surface area is 187 Å². The summed E-state index contributed by atoms with van der Waals surface area (Å²) in [5.74, 6) is -0.203. The molecule has 0 aliphatic carbocycles. The second-order valence-electron chi connectivity index (χ2n) is 8.00. The van der Waals surface area contributed by atoms with Crippen molar-refractivity contribution in [2.24, 2.45) is 5.92 Å². The van der Waals surface area contributed by atoms with Crippen LogP contribution in [0.5, 0.6) is 0 Å². The van der Waals surface area contributed by atoms with Crippen LogP contribution in [-0.4, -0.2) is 39.7 Å². The SMILES string of the molecule is Cc1ccc(CN(CCc2ccccc2)C(=O)C2CC(=O)N(Cc3ccccn3)C2)s1. The smallest absolute Gasteiger partial charge is 0.228 e. The molecule has 1 saturated heterocycles. The van der Waals surface area contributed by atoms with Crippen LogP contribution in [0.25, 0.3) is 0 Å². The van der Waals surface area contributed by atoms with Gasteiger partial charge in [0, 0.05) is 35.5 Å². The number of benzene rings is 1. The summed E-state index contributed by atoms with van der Waals surface area (Å²) >= 11 is 1.72. The van der Waals surface area contributed by atoms with Gasteiger partial charge in [0.15, 0.2) is 0 Å². The van der Waals surface area contributed by atoms with Gasteiger partial charge in [-0.15, -0.1) is 11.3 Å². The van der Waals surface area contributed by atoms with Gasteiger partial charge in [-0.1, -0.05) is 36.4 Å². The molecule has 5 nitrogen and oxygen atoms in total. The molecule has 1 atom stereocenters. The molecule has 0 bridgehead atoms. The predicted molar refractivity (Wildman–Crippen MR) is 122 cm³/mol. The summed E-state index contributed by atoms with van der Waals surface area (Å²) in [6, 6.07) is 20.1. The van der Waals surface area contributed by atoms with Gasteiger partial charge >= 0.3 is 0 Å². The van der Waals surface area contributed by atoms with Gasteiger partial charge in [0.05, 0.1) is 24.7 Å². The number of hydrogen-bond acceptors (Lipinski definition) is 4. The van der Waals surface area contributed by atoms with E-state index in [1.165, 1.54) is 15.3 Å². The van der Waals surface area contributed by atoms with Crippen LogP contribution in [0.2, 0.25) is 0 Å². The molecule has 0 spiro atoms. The molecule has 1 fully saturated rings. The summed E-state index contributed by atoms with van der Waals surface area (Å²) in [4.78, 5) is 36.5. The van der Waals surface area contributed by atoms with Crippen molar-refractivity contribution in [3.63, 3.8) is 0 Å². The standard InChI is InChI=1S/C25H27N3O2S/c1-19-10-11-23(31-19)18-27(14-12-20-7-3-2-4-8-20)25(30)21-15-24(29)28(16-21)17-22-9-5-6-13-26-22/h2-11,13,21H,12,14-18H2,1H3. The van der Waals surface area contributed by atoms with Gasteiger partial charge in [-0.05, 0) is 43.2 Å². The molecule has 1 aliphatic rings. The van der Waals surface area contributed by atoms with Crippen molar-refractivity contribution in [3.05, 3.63) is 87.9 Å². The highest BCUT2D eigenvalue weighted by Gasteiger charge is 2.36. The number of pyridine rings is 1. The zero-order chi connectivity index (χ0) is 21.6. The molecular formula is C25H27N3O2S. The molecule has 0 radical (unpaired) electrons. The third-order valence-electron chi connectivity index (χ3n) is 5.61. The van der Waals surface area contributed by atoms with Gasteiger partial charge in [-0.25, -0.2) is 0 Å². The minimum absolute atomic E-state index is 0.0268. The quantitative estimate of drug-likeness (QED) is 0.538. The highest BCUT2D eigenvalue weighted by Crippen LogP contribution is 2.24. The predicted octanol–water partition coefficient (Wildman–Crippen LogP) is 4.07. The zero-order valence-electron chi connectivity index (χ0n) is 17.7. The number of aryl methyl sites for hydroxylation is 1. The van der Waals surface area contributed by atoms with Crippen LogP contribution in [-0.2, 0) is 29.1 Å². The first-order valence-electron chi connectivity index (χ1n) is 10.6. The van der Waals surface area contributed by atoms with Crippen molar-refractivity contribution in [1.82, 2.24) is 14.8 Å². The van der Waals surface area contributed by atoms with Crippen LogP contribution in [0, 0.1) is 12.8 Å². The van der Waals surface area contributed by atoms with Crippen LogP contribution < -0.4 is 0 Å².